The quantitative estimate of drug-likeness (QED) is 0.781. The number of nitrogens with zero attached hydrogens (tertiary/aromatic N) is 3. The van der Waals surface area contributed by atoms with Gasteiger partial charge in [0, 0.05) is 8.59 Å². The summed E-state index contributed by atoms with van der Waals surface area (Å²) < 4.78 is 0.935. The lowest BCUT2D eigenvalue weighted by atomic mass is 10.3. The molecule has 0 aliphatic carbocycles. The molecule has 0 saturated carbocycles. The molecule has 1 aromatic heterocycles. The fourth-order valence-corrected chi connectivity index (χ4v) is 2.31. The van der Waals surface area contributed by atoms with Crippen LogP contribution in [0.15, 0.2) is 18.2 Å². The third-order valence-corrected chi connectivity index (χ3v) is 3.10. The summed E-state index contributed by atoms with van der Waals surface area (Å²) in [7, 11) is 0. The van der Waals surface area contributed by atoms with Crippen molar-refractivity contribution in [2.75, 3.05) is 11.1 Å². The first-order valence-corrected chi connectivity index (χ1v) is 6.27. The molecule has 3 N–H and O–H groups in total. The van der Waals surface area contributed by atoms with E-state index in [0.29, 0.717) is 11.0 Å². The second-order valence-corrected chi connectivity index (χ2v) is 4.97. The Hall–Kier alpha value is -0.860. The van der Waals surface area contributed by atoms with E-state index in [4.69, 9.17) is 28.9 Å². The minimum Gasteiger partial charge on any atom is -0.368 e. The van der Waals surface area contributed by atoms with Crippen LogP contribution in [0.25, 0.3) is 0 Å². The number of nitrogens with two attached hydrogens (primary N) is 1. The highest BCUT2D eigenvalue weighted by Crippen LogP contribution is 2.24. The SMILES string of the molecule is Nc1nc(Cl)nc(Nc2ccc(Cl)cc2I)n1. The van der Waals surface area contributed by atoms with Crippen LogP contribution in [0.3, 0.4) is 0 Å². The molecule has 0 aliphatic rings. The highest BCUT2D eigenvalue weighted by molar-refractivity contribution is 14.1. The summed E-state index contributed by atoms with van der Waals surface area (Å²) in [5.41, 5.74) is 6.28. The van der Waals surface area contributed by atoms with E-state index in [0.717, 1.165) is 9.26 Å². The lowest BCUT2D eigenvalue weighted by molar-refractivity contribution is 1.07. The van der Waals surface area contributed by atoms with E-state index in [-0.39, 0.29) is 11.2 Å². The van der Waals surface area contributed by atoms with Crippen molar-refractivity contribution in [2.24, 2.45) is 0 Å². The van der Waals surface area contributed by atoms with Crippen molar-refractivity contribution < 1.29 is 0 Å². The van der Waals surface area contributed by atoms with Crippen LogP contribution >= 0.6 is 45.8 Å². The summed E-state index contributed by atoms with van der Waals surface area (Å²) >= 11 is 13.7. The maximum Gasteiger partial charge on any atom is 0.233 e. The Kier molecular flexibility index (Phi) is 3.85. The number of halogens is 3. The molecule has 1 aromatic carbocycles. The van der Waals surface area contributed by atoms with Crippen LogP contribution in [0.1, 0.15) is 0 Å². The molecule has 0 fully saturated rings. The summed E-state index contributed by atoms with van der Waals surface area (Å²) in [6.45, 7) is 0. The Morgan fingerprint density at radius 3 is 2.59 bits per heavy atom. The van der Waals surface area contributed by atoms with Crippen molar-refractivity contribution in [3.63, 3.8) is 0 Å². The minimum absolute atomic E-state index is 0.0453. The van der Waals surface area contributed by atoms with Crippen LogP contribution in [-0.2, 0) is 0 Å². The number of anilines is 3. The molecule has 0 saturated heterocycles. The maximum atomic E-state index is 5.86. The topological polar surface area (TPSA) is 76.7 Å². The predicted molar refractivity (Wildman–Crippen MR) is 76.7 cm³/mol. The summed E-state index contributed by atoms with van der Waals surface area (Å²) in [6.07, 6.45) is 0. The van der Waals surface area contributed by atoms with Crippen LogP contribution in [0.4, 0.5) is 17.6 Å². The summed E-state index contributed by atoms with van der Waals surface area (Å²) in [5, 5.41) is 3.69. The zero-order chi connectivity index (χ0) is 12.4. The average Bonchev–Trinajstić information content (AvgIpc) is 2.21. The number of hydrogen-bond acceptors (Lipinski definition) is 5. The summed E-state index contributed by atoms with van der Waals surface area (Å²) in [6, 6.07) is 5.40. The Bertz CT molecular complexity index is 543. The number of benzene rings is 1. The molecule has 0 aliphatic heterocycles. The zero-order valence-electron chi connectivity index (χ0n) is 8.28. The van der Waals surface area contributed by atoms with Gasteiger partial charge in [-0.1, -0.05) is 11.6 Å². The number of nitrogens with one attached hydrogen (secondary N) is 1. The first-order valence-electron chi connectivity index (χ1n) is 4.44. The number of aromatic nitrogens is 3. The van der Waals surface area contributed by atoms with Crippen LogP contribution in [0.2, 0.25) is 10.3 Å². The molecule has 17 heavy (non-hydrogen) atoms. The highest BCUT2D eigenvalue weighted by atomic mass is 127. The molecule has 5 nitrogen and oxygen atoms in total. The van der Waals surface area contributed by atoms with Gasteiger partial charge in [-0.05, 0) is 52.4 Å². The van der Waals surface area contributed by atoms with Gasteiger partial charge in [0.2, 0.25) is 17.2 Å². The van der Waals surface area contributed by atoms with Gasteiger partial charge in [-0.15, -0.1) is 0 Å². The zero-order valence-corrected chi connectivity index (χ0v) is 12.0. The minimum atomic E-state index is 0.0453. The highest BCUT2D eigenvalue weighted by Gasteiger charge is 2.05. The molecule has 2 aromatic rings. The van der Waals surface area contributed by atoms with E-state index < -0.39 is 0 Å². The van der Waals surface area contributed by atoms with E-state index in [9.17, 15) is 0 Å². The Morgan fingerprint density at radius 2 is 1.94 bits per heavy atom. The van der Waals surface area contributed by atoms with E-state index in [2.05, 4.69) is 42.9 Å². The van der Waals surface area contributed by atoms with Gasteiger partial charge >= 0.3 is 0 Å². The molecule has 88 valence electrons. The van der Waals surface area contributed by atoms with Crippen LogP contribution in [0, 0.1) is 3.57 Å². The van der Waals surface area contributed by atoms with Gasteiger partial charge in [-0.25, -0.2) is 0 Å². The second-order valence-electron chi connectivity index (χ2n) is 3.04. The lowest BCUT2D eigenvalue weighted by Gasteiger charge is -2.07. The normalized spacial score (nSPS) is 10.3. The average molecular weight is 382 g/mol. The van der Waals surface area contributed by atoms with E-state index in [1.165, 1.54) is 0 Å². The van der Waals surface area contributed by atoms with E-state index in [1.807, 2.05) is 12.1 Å². The predicted octanol–water partition coefficient (Wildman–Crippen LogP) is 3.11. The van der Waals surface area contributed by atoms with Gasteiger partial charge in [-0.2, -0.15) is 15.0 Å². The van der Waals surface area contributed by atoms with Crippen LogP contribution in [-0.4, -0.2) is 15.0 Å². The maximum absolute atomic E-state index is 5.86. The van der Waals surface area contributed by atoms with Crippen molar-refractivity contribution >= 4 is 63.4 Å². The first kappa shape index (κ1) is 12.6. The second kappa shape index (κ2) is 5.19. The van der Waals surface area contributed by atoms with Gasteiger partial charge in [0.05, 0.1) is 5.69 Å². The van der Waals surface area contributed by atoms with Crippen molar-refractivity contribution in [2.45, 2.75) is 0 Å². The fraction of sp³-hybridized carbons (Fsp3) is 0. The third kappa shape index (κ3) is 3.30. The van der Waals surface area contributed by atoms with Gasteiger partial charge < -0.3 is 11.1 Å². The fourth-order valence-electron chi connectivity index (χ4n) is 1.13. The van der Waals surface area contributed by atoms with Crippen molar-refractivity contribution in [3.05, 3.63) is 32.1 Å². The Labute approximate surface area is 121 Å². The molecule has 0 bridgehead atoms. The molecule has 0 amide bonds. The molecule has 2 rings (SSSR count). The van der Waals surface area contributed by atoms with Gasteiger partial charge in [0.25, 0.3) is 0 Å². The molecule has 0 atom stereocenters. The van der Waals surface area contributed by atoms with Gasteiger partial charge in [-0.3, -0.25) is 0 Å². The lowest BCUT2D eigenvalue weighted by Crippen LogP contribution is -2.03. The van der Waals surface area contributed by atoms with Gasteiger partial charge in [0.1, 0.15) is 0 Å². The monoisotopic (exact) mass is 381 g/mol. The molecular formula is C9H6Cl2IN5. The standard InChI is InChI=1S/C9H6Cl2IN5/c10-4-1-2-6(5(12)3-4)14-9-16-7(11)15-8(13)17-9/h1-3H,(H3,13,14,15,16,17). The number of rotatable bonds is 2. The Morgan fingerprint density at radius 1 is 1.18 bits per heavy atom. The first-order chi connectivity index (χ1) is 8.04. The van der Waals surface area contributed by atoms with E-state index >= 15 is 0 Å². The van der Waals surface area contributed by atoms with E-state index in [1.54, 1.807) is 6.07 Å². The van der Waals surface area contributed by atoms with Crippen molar-refractivity contribution in [1.82, 2.24) is 15.0 Å². The third-order valence-electron chi connectivity index (χ3n) is 1.80. The van der Waals surface area contributed by atoms with Crippen LogP contribution in [0.5, 0.6) is 0 Å². The smallest absolute Gasteiger partial charge is 0.233 e. The van der Waals surface area contributed by atoms with Gasteiger partial charge in [0.15, 0.2) is 0 Å². The molecule has 0 radical (unpaired) electrons. The summed E-state index contributed by atoms with van der Waals surface area (Å²) in [4.78, 5) is 11.5. The van der Waals surface area contributed by atoms with Crippen molar-refractivity contribution in [3.8, 4) is 0 Å². The number of nitrogen functional groups attached to an aromatic ring is 1. The number of hydrogen-bond donors (Lipinski definition) is 2. The molecular weight excluding hydrogens is 376 g/mol. The molecule has 0 unspecified atom stereocenters. The molecule has 8 heteroatoms. The molecule has 0 spiro atoms. The van der Waals surface area contributed by atoms with Crippen LogP contribution < -0.4 is 11.1 Å². The summed E-state index contributed by atoms with van der Waals surface area (Å²) in [5.74, 6) is 0.360. The Balaban J connectivity index is 2.31. The largest absolute Gasteiger partial charge is 0.368 e. The van der Waals surface area contributed by atoms with Crippen molar-refractivity contribution in [1.29, 1.82) is 0 Å². The molecule has 1 heterocycles.